The maximum absolute atomic E-state index is 12.0. The number of rotatable bonds is 9. The molecule has 0 bridgehead atoms. The van der Waals surface area contributed by atoms with Crippen LogP contribution in [0.3, 0.4) is 0 Å². The summed E-state index contributed by atoms with van der Waals surface area (Å²) < 4.78 is 26.7. The first kappa shape index (κ1) is 23.9. The van der Waals surface area contributed by atoms with E-state index in [0.29, 0.717) is 12.5 Å². The summed E-state index contributed by atoms with van der Waals surface area (Å²) in [4.78, 5) is 4.28. The third-order valence-corrected chi connectivity index (χ3v) is 6.24. The quantitative estimate of drug-likeness (QED) is 0.421. The lowest BCUT2D eigenvalue weighted by Gasteiger charge is -2.17. The molecule has 2 aromatic carbocycles. The highest BCUT2D eigenvalue weighted by atomic mass is 32.2. The van der Waals surface area contributed by atoms with Crippen molar-refractivity contribution in [2.45, 2.75) is 52.0 Å². The maximum atomic E-state index is 12.0. The Hall–Kier alpha value is -2.38. The minimum atomic E-state index is -3.31. The third kappa shape index (κ3) is 8.16. The molecule has 1 atom stereocenters. The zero-order valence-electron chi connectivity index (χ0n) is 18.6. The fourth-order valence-electron chi connectivity index (χ4n) is 3.04. The fraction of sp³-hybridized carbons (Fsp3) is 0.435. The Morgan fingerprint density at radius 1 is 0.933 bits per heavy atom. The Labute approximate surface area is 181 Å². The van der Waals surface area contributed by atoms with Crippen molar-refractivity contribution in [1.82, 2.24) is 15.4 Å². The van der Waals surface area contributed by atoms with Gasteiger partial charge in [0.05, 0.1) is 5.75 Å². The standard InChI is InChI=1S/C23H34N4O2S/c1-17(2)27-30(28,29)16-21-10-8-20(9-11-21)15-26-23(24-5)25-14-19(4)22-12-6-18(3)7-13-22/h6-13,17,19,27H,14-16H2,1-5H3,(H2,24,25,26). The first-order chi connectivity index (χ1) is 14.2. The van der Waals surface area contributed by atoms with Gasteiger partial charge >= 0.3 is 0 Å². The number of guanidine groups is 1. The summed E-state index contributed by atoms with van der Waals surface area (Å²) in [6.07, 6.45) is 0. The van der Waals surface area contributed by atoms with Crippen LogP contribution in [0.15, 0.2) is 53.5 Å². The van der Waals surface area contributed by atoms with Gasteiger partial charge in [0.2, 0.25) is 10.0 Å². The Bertz CT molecular complexity index is 921. The van der Waals surface area contributed by atoms with Crippen molar-refractivity contribution in [3.05, 3.63) is 70.8 Å². The van der Waals surface area contributed by atoms with E-state index in [1.54, 1.807) is 7.05 Å². The largest absolute Gasteiger partial charge is 0.356 e. The molecule has 0 aromatic heterocycles. The second-order valence-electron chi connectivity index (χ2n) is 7.97. The van der Waals surface area contributed by atoms with Crippen LogP contribution < -0.4 is 15.4 Å². The summed E-state index contributed by atoms with van der Waals surface area (Å²) in [5.41, 5.74) is 4.38. The van der Waals surface area contributed by atoms with Gasteiger partial charge in [-0.1, -0.05) is 61.0 Å². The van der Waals surface area contributed by atoms with E-state index in [2.05, 4.69) is 58.5 Å². The lowest BCUT2D eigenvalue weighted by molar-refractivity contribution is 0.569. The van der Waals surface area contributed by atoms with Crippen LogP contribution in [-0.4, -0.2) is 34.0 Å². The van der Waals surface area contributed by atoms with Gasteiger partial charge in [-0.15, -0.1) is 0 Å². The topological polar surface area (TPSA) is 82.6 Å². The lowest BCUT2D eigenvalue weighted by atomic mass is 10.0. The van der Waals surface area contributed by atoms with Gasteiger partial charge in [-0.2, -0.15) is 0 Å². The Balaban J connectivity index is 1.84. The molecule has 6 nitrogen and oxygen atoms in total. The van der Waals surface area contributed by atoms with Crippen molar-refractivity contribution in [2.24, 2.45) is 4.99 Å². The second-order valence-corrected chi connectivity index (χ2v) is 9.72. The minimum absolute atomic E-state index is 0.0149. The number of sulfonamides is 1. The molecule has 0 saturated heterocycles. The summed E-state index contributed by atoms with van der Waals surface area (Å²) in [5.74, 6) is 1.09. The molecule has 3 N–H and O–H groups in total. The molecule has 2 aromatic rings. The van der Waals surface area contributed by atoms with Crippen molar-refractivity contribution in [2.75, 3.05) is 13.6 Å². The van der Waals surface area contributed by atoms with Gasteiger partial charge in [0.15, 0.2) is 5.96 Å². The van der Waals surface area contributed by atoms with Gasteiger partial charge in [-0.3, -0.25) is 4.99 Å². The molecule has 0 aliphatic carbocycles. The average Bonchev–Trinajstić information content (AvgIpc) is 2.68. The Morgan fingerprint density at radius 2 is 1.53 bits per heavy atom. The predicted octanol–water partition coefficient (Wildman–Crippen LogP) is 3.29. The van der Waals surface area contributed by atoms with Gasteiger partial charge in [-0.05, 0) is 43.4 Å². The van der Waals surface area contributed by atoms with Crippen LogP contribution in [0.25, 0.3) is 0 Å². The fourth-order valence-corrected chi connectivity index (χ4v) is 4.48. The van der Waals surface area contributed by atoms with E-state index >= 15 is 0 Å². The highest BCUT2D eigenvalue weighted by Crippen LogP contribution is 2.14. The van der Waals surface area contributed by atoms with Gasteiger partial charge in [0.25, 0.3) is 0 Å². The van der Waals surface area contributed by atoms with E-state index in [9.17, 15) is 8.42 Å². The van der Waals surface area contributed by atoms with Gasteiger partial charge in [0.1, 0.15) is 0 Å². The zero-order chi connectivity index (χ0) is 22.1. The average molecular weight is 431 g/mol. The SMILES string of the molecule is CN=C(NCc1ccc(CS(=O)(=O)NC(C)C)cc1)NCC(C)c1ccc(C)cc1. The van der Waals surface area contributed by atoms with Crippen LogP contribution in [0.5, 0.6) is 0 Å². The van der Waals surface area contributed by atoms with Gasteiger partial charge in [-0.25, -0.2) is 13.1 Å². The van der Waals surface area contributed by atoms with Crippen molar-refractivity contribution < 1.29 is 8.42 Å². The van der Waals surface area contributed by atoms with Crippen molar-refractivity contribution in [3.8, 4) is 0 Å². The van der Waals surface area contributed by atoms with Crippen LogP contribution in [0.1, 0.15) is 48.9 Å². The molecule has 0 fully saturated rings. The monoisotopic (exact) mass is 430 g/mol. The summed E-state index contributed by atoms with van der Waals surface area (Å²) in [6, 6.07) is 16.1. The number of aryl methyl sites for hydroxylation is 1. The molecular weight excluding hydrogens is 396 g/mol. The van der Waals surface area contributed by atoms with Crippen molar-refractivity contribution in [1.29, 1.82) is 0 Å². The van der Waals surface area contributed by atoms with Crippen LogP contribution in [-0.2, 0) is 22.3 Å². The molecule has 0 spiro atoms. The number of nitrogens with zero attached hydrogens (tertiary/aromatic N) is 1. The van der Waals surface area contributed by atoms with Crippen LogP contribution in [0.2, 0.25) is 0 Å². The molecule has 7 heteroatoms. The normalized spacial score (nSPS) is 13.3. The number of aliphatic imine (C=N–C) groups is 1. The van der Waals surface area contributed by atoms with Crippen LogP contribution in [0.4, 0.5) is 0 Å². The molecule has 30 heavy (non-hydrogen) atoms. The smallest absolute Gasteiger partial charge is 0.216 e. The second kappa shape index (κ2) is 11.1. The Kier molecular flexibility index (Phi) is 8.87. The molecule has 0 amide bonds. The molecule has 0 radical (unpaired) electrons. The maximum Gasteiger partial charge on any atom is 0.216 e. The number of benzene rings is 2. The highest BCUT2D eigenvalue weighted by Gasteiger charge is 2.13. The summed E-state index contributed by atoms with van der Waals surface area (Å²) >= 11 is 0. The molecule has 1 unspecified atom stereocenters. The molecule has 2 rings (SSSR count). The molecule has 0 aliphatic rings. The summed E-state index contributed by atoms with van der Waals surface area (Å²) in [5, 5.41) is 6.67. The van der Waals surface area contributed by atoms with E-state index in [1.165, 1.54) is 11.1 Å². The molecule has 164 valence electrons. The van der Waals surface area contributed by atoms with Gasteiger partial charge in [0, 0.05) is 26.2 Å². The van der Waals surface area contributed by atoms with Crippen LogP contribution >= 0.6 is 0 Å². The zero-order valence-corrected chi connectivity index (χ0v) is 19.4. The van der Waals surface area contributed by atoms with Crippen LogP contribution in [0, 0.1) is 6.92 Å². The van der Waals surface area contributed by atoms with E-state index in [-0.39, 0.29) is 11.8 Å². The predicted molar refractivity (Wildman–Crippen MR) is 125 cm³/mol. The Morgan fingerprint density at radius 3 is 2.10 bits per heavy atom. The van der Waals surface area contributed by atoms with E-state index in [0.717, 1.165) is 23.6 Å². The number of nitrogens with one attached hydrogen (secondary N) is 3. The lowest BCUT2D eigenvalue weighted by Crippen LogP contribution is -2.38. The first-order valence-electron chi connectivity index (χ1n) is 10.3. The van der Waals surface area contributed by atoms with E-state index in [4.69, 9.17) is 0 Å². The number of hydrogen-bond acceptors (Lipinski definition) is 3. The first-order valence-corrected chi connectivity index (χ1v) is 11.9. The minimum Gasteiger partial charge on any atom is -0.356 e. The third-order valence-electron chi connectivity index (χ3n) is 4.70. The van der Waals surface area contributed by atoms with Crippen molar-refractivity contribution >= 4 is 16.0 Å². The van der Waals surface area contributed by atoms with Crippen molar-refractivity contribution in [3.63, 3.8) is 0 Å². The molecule has 0 saturated carbocycles. The molecule has 0 heterocycles. The van der Waals surface area contributed by atoms with E-state index < -0.39 is 10.0 Å². The summed E-state index contributed by atoms with van der Waals surface area (Å²) in [7, 11) is -1.56. The molecule has 0 aliphatic heterocycles. The van der Waals surface area contributed by atoms with Gasteiger partial charge < -0.3 is 10.6 Å². The molecular formula is C23H34N4O2S. The van der Waals surface area contributed by atoms with E-state index in [1.807, 2.05) is 38.1 Å². The number of hydrogen-bond donors (Lipinski definition) is 3. The highest BCUT2D eigenvalue weighted by molar-refractivity contribution is 7.88. The summed E-state index contributed by atoms with van der Waals surface area (Å²) in [6.45, 7) is 9.29.